The minimum atomic E-state index is -0.995. The normalized spacial score (nSPS) is 21.1. The van der Waals surface area contributed by atoms with Crippen LogP contribution in [0.1, 0.15) is 12.0 Å². The van der Waals surface area contributed by atoms with Gasteiger partial charge in [-0.3, -0.25) is 14.7 Å². The van der Waals surface area contributed by atoms with Gasteiger partial charge >= 0.3 is 5.97 Å². The summed E-state index contributed by atoms with van der Waals surface area (Å²) >= 11 is 0. The van der Waals surface area contributed by atoms with Gasteiger partial charge in [0.2, 0.25) is 5.91 Å². The first kappa shape index (κ1) is 12.5. The van der Waals surface area contributed by atoms with Crippen LogP contribution < -0.4 is 5.32 Å². The summed E-state index contributed by atoms with van der Waals surface area (Å²) in [5.41, 5.74) is 1.06. The molecule has 2 heterocycles. The molecule has 1 aliphatic heterocycles. The summed E-state index contributed by atoms with van der Waals surface area (Å²) in [6, 6.07) is 2.94. The van der Waals surface area contributed by atoms with Crippen LogP contribution in [0.4, 0.5) is 0 Å². The molecule has 18 heavy (non-hydrogen) atoms. The number of hydrogen-bond donors (Lipinski definition) is 2. The number of carbonyl (C=O) groups is 2. The maximum atomic E-state index is 11.4. The highest BCUT2D eigenvalue weighted by Gasteiger charge is 2.26. The summed E-state index contributed by atoms with van der Waals surface area (Å²) < 4.78 is 0. The molecule has 6 nitrogen and oxygen atoms in total. The van der Waals surface area contributed by atoms with Crippen LogP contribution in [0.5, 0.6) is 0 Å². The van der Waals surface area contributed by atoms with E-state index in [4.69, 9.17) is 5.11 Å². The molecule has 1 fully saturated rings. The number of carboxylic acids is 1. The van der Waals surface area contributed by atoms with Crippen LogP contribution in [0.15, 0.2) is 24.5 Å². The van der Waals surface area contributed by atoms with Crippen molar-refractivity contribution in [3.05, 3.63) is 30.1 Å². The Balaban J connectivity index is 2.03. The lowest BCUT2D eigenvalue weighted by atomic mass is 10.2. The Morgan fingerprint density at radius 3 is 2.89 bits per heavy atom. The first-order valence-corrected chi connectivity index (χ1v) is 5.78. The molecule has 0 saturated carbocycles. The Morgan fingerprint density at radius 1 is 1.50 bits per heavy atom. The molecule has 96 valence electrons. The second kappa shape index (κ2) is 5.59. The molecule has 2 N–H and O–H groups in total. The Bertz CT molecular complexity index is 435. The smallest absolute Gasteiger partial charge is 0.327 e. The van der Waals surface area contributed by atoms with Crippen LogP contribution in [0, 0.1) is 0 Å². The standard InChI is InChI=1S/C12H15N3O3/c16-11-3-6-15(8-10(14-11)12(17)18)7-9-1-4-13-5-2-9/h1-2,4-5,10H,3,6-8H2,(H,14,16)(H,17,18). The van der Waals surface area contributed by atoms with E-state index in [0.717, 1.165) is 5.56 Å². The Hall–Kier alpha value is -1.95. The molecule has 6 heteroatoms. The van der Waals surface area contributed by atoms with E-state index in [1.165, 1.54) is 0 Å². The average molecular weight is 249 g/mol. The highest BCUT2D eigenvalue weighted by atomic mass is 16.4. The van der Waals surface area contributed by atoms with Gasteiger partial charge in [-0.15, -0.1) is 0 Å². The van der Waals surface area contributed by atoms with Gasteiger partial charge in [-0.2, -0.15) is 0 Å². The van der Waals surface area contributed by atoms with Gasteiger partial charge in [0.1, 0.15) is 6.04 Å². The van der Waals surface area contributed by atoms with Crippen molar-refractivity contribution in [2.45, 2.75) is 19.0 Å². The summed E-state index contributed by atoms with van der Waals surface area (Å²) in [6.07, 6.45) is 3.73. The van der Waals surface area contributed by atoms with Crippen LogP contribution in [-0.2, 0) is 16.1 Å². The maximum absolute atomic E-state index is 11.4. The van der Waals surface area contributed by atoms with Crippen molar-refractivity contribution in [3.63, 3.8) is 0 Å². The van der Waals surface area contributed by atoms with E-state index in [1.807, 2.05) is 17.0 Å². The minimum absolute atomic E-state index is 0.209. The SMILES string of the molecule is O=C1CCN(Cc2ccncc2)CC(C(=O)O)N1. The summed E-state index contributed by atoms with van der Waals surface area (Å²) in [5, 5.41) is 11.5. The number of aliphatic carboxylic acids is 1. The molecule has 0 radical (unpaired) electrons. The van der Waals surface area contributed by atoms with Crippen molar-refractivity contribution < 1.29 is 14.7 Å². The molecule has 0 bridgehead atoms. The first-order valence-electron chi connectivity index (χ1n) is 5.78. The lowest BCUT2D eigenvalue weighted by Crippen LogP contribution is -2.44. The molecule has 1 aromatic rings. The summed E-state index contributed by atoms with van der Waals surface area (Å²) in [4.78, 5) is 28.3. The Labute approximate surface area is 105 Å². The van der Waals surface area contributed by atoms with Gasteiger partial charge in [-0.25, -0.2) is 4.79 Å². The van der Waals surface area contributed by atoms with E-state index < -0.39 is 12.0 Å². The third kappa shape index (κ3) is 3.27. The Kier molecular flexibility index (Phi) is 3.88. The number of rotatable bonds is 3. The van der Waals surface area contributed by atoms with Crippen LogP contribution in [-0.4, -0.2) is 46.0 Å². The molecule has 0 spiro atoms. The molecule has 1 aliphatic rings. The molecule has 1 unspecified atom stereocenters. The number of amides is 1. The summed E-state index contributed by atoms with van der Waals surface area (Å²) in [6.45, 7) is 1.52. The van der Waals surface area contributed by atoms with Gasteiger partial charge in [0.15, 0.2) is 0 Å². The van der Waals surface area contributed by atoms with Gasteiger partial charge in [-0.05, 0) is 17.7 Å². The molecule has 0 aliphatic carbocycles. The third-order valence-corrected chi connectivity index (χ3v) is 2.88. The number of carboxylic acid groups (broad SMARTS) is 1. The van der Waals surface area contributed by atoms with Crippen LogP contribution in [0.25, 0.3) is 0 Å². The highest BCUT2D eigenvalue weighted by Crippen LogP contribution is 2.08. The van der Waals surface area contributed by atoms with Crippen molar-refractivity contribution in [3.8, 4) is 0 Å². The highest BCUT2D eigenvalue weighted by molar-refractivity contribution is 5.84. The minimum Gasteiger partial charge on any atom is -0.480 e. The maximum Gasteiger partial charge on any atom is 0.327 e. The molecule has 0 aromatic carbocycles. The number of carbonyl (C=O) groups excluding carboxylic acids is 1. The molecule has 1 saturated heterocycles. The van der Waals surface area contributed by atoms with E-state index in [1.54, 1.807) is 12.4 Å². The molecular formula is C12H15N3O3. The average Bonchev–Trinajstić information content (AvgIpc) is 2.53. The van der Waals surface area contributed by atoms with Gasteiger partial charge in [0.05, 0.1) is 0 Å². The van der Waals surface area contributed by atoms with E-state index in [2.05, 4.69) is 10.3 Å². The number of hydrogen-bond acceptors (Lipinski definition) is 4. The largest absolute Gasteiger partial charge is 0.480 e. The second-order valence-electron chi connectivity index (χ2n) is 4.30. The fourth-order valence-corrected chi connectivity index (χ4v) is 1.95. The van der Waals surface area contributed by atoms with Crippen molar-refractivity contribution in [1.29, 1.82) is 0 Å². The zero-order chi connectivity index (χ0) is 13.0. The van der Waals surface area contributed by atoms with E-state index in [0.29, 0.717) is 26.1 Å². The summed E-state index contributed by atoms with van der Waals surface area (Å²) in [7, 11) is 0. The second-order valence-corrected chi connectivity index (χ2v) is 4.30. The predicted octanol–water partition coefficient (Wildman–Crippen LogP) is -0.143. The number of pyridine rings is 1. The number of nitrogens with zero attached hydrogens (tertiary/aromatic N) is 2. The topological polar surface area (TPSA) is 82.5 Å². The van der Waals surface area contributed by atoms with Crippen LogP contribution in [0.2, 0.25) is 0 Å². The molecule has 1 atom stereocenters. The van der Waals surface area contributed by atoms with Crippen LogP contribution >= 0.6 is 0 Å². The van der Waals surface area contributed by atoms with Crippen molar-refractivity contribution in [1.82, 2.24) is 15.2 Å². The third-order valence-electron chi connectivity index (χ3n) is 2.88. The van der Waals surface area contributed by atoms with E-state index in [9.17, 15) is 9.59 Å². The van der Waals surface area contributed by atoms with E-state index in [-0.39, 0.29) is 5.91 Å². The monoisotopic (exact) mass is 249 g/mol. The first-order chi connectivity index (χ1) is 8.65. The zero-order valence-corrected chi connectivity index (χ0v) is 9.87. The fourth-order valence-electron chi connectivity index (χ4n) is 1.95. The van der Waals surface area contributed by atoms with E-state index >= 15 is 0 Å². The number of nitrogens with one attached hydrogen (secondary N) is 1. The predicted molar refractivity (Wildman–Crippen MR) is 63.7 cm³/mol. The van der Waals surface area contributed by atoms with Gasteiger partial charge in [0.25, 0.3) is 0 Å². The van der Waals surface area contributed by atoms with Gasteiger partial charge in [0, 0.05) is 38.4 Å². The lowest BCUT2D eigenvalue weighted by molar-refractivity contribution is -0.141. The van der Waals surface area contributed by atoms with Crippen molar-refractivity contribution in [2.24, 2.45) is 0 Å². The van der Waals surface area contributed by atoms with Crippen molar-refractivity contribution >= 4 is 11.9 Å². The van der Waals surface area contributed by atoms with Crippen molar-refractivity contribution in [2.75, 3.05) is 13.1 Å². The zero-order valence-electron chi connectivity index (χ0n) is 9.87. The fraction of sp³-hybridized carbons (Fsp3) is 0.417. The van der Waals surface area contributed by atoms with Gasteiger partial charge in [-0.1, -0.05) is 0 Å². The molecule has 1 amide bonds. The van der Waals surface area contributed by atoms with Gasteiger partial charge < -0.3 is 10.4 Å². The van der Waals surface area contributed by atoms with Crippen LogP contribution in [0.3, 0.4) is 0 Å². The Morgan fingerprint density at radius 2 is 2.22 bits per heavy atom. The molecule has 2 rings (SSSR count). The summed E-state index contributed by atoms with van der Waals surface area (Å²) in [5.74, 6) is -1.20. The molecular weight excluding hydrogens is 234 g/mol. The molecule has 1 aromatic heterocycles. The quantitative estimate of drug-likeness (QED) is 0.779. The lowest BCUT2D eigenvalue weighted by Gasteiger charge is -2.21. The number of aromatic nitrogens is 1.